The van der Waals surface area contributed by atoms with Gasteiger partial charge in [0, 0.05) is 43.9 Å². The second-order valence-electron chi connectivity index (χ2n) is 15.9. The molecule has 0 N–H and O–H groups in total. The first-order valence-electron chi connectivity index (χ1n) is 23.5. The maximum Gasteiger partial charge on any atom is 0.305 e. The van der Waals surface area contributed by atoms with Crippen LogP contribution in [0.5, 0.6) is 0 Å². The fraction of sp³-hybridized carbons (Fsp3) is 0.740. The Balaban J connectivity index is 0.000000855. The zero-order valence-electron chi connectivity index (χ0n) is 37.1. The van der Waals surface area contributed by atoms with Crippen molar-refractivity contribution in [3.05, 3.63) is 60.8 Å². The second-order valence-corrected chi connectivity index (χ2v) is 15.9. The molecule has 0 aliphatic heterocycles. The van der Waals surface area contributed by atoms with Crippen LogP contribution in [-0.4, -0.2) is 27.1 Å². The van der Waals surface area contributed by atoms with Gasteiger partial charge in [-0.05, 0) is 31.9 Å². The number of hydrogen-bond acceptors (Lipinski definition) is 4. The Morgan fingerprint density at radius 1 is 0.518 bits per heavy atom. The fourth-order valence-electron chi connectivity index (χ4n) is 7.18. The number of imidazole rings is 1. The van der Waals surface area contributed by atoms with E-state index in [0.717, 1.165) is 18.4 Å². The van der Waals surface area contributed by atoms with Gasteiger partial charge in [-0.15, -0.1) is 24.0 Å². The quantitative estimate of drug-likeness (QED) is 0.0347. The van der Waals surface area contributed by atoms with E-state index in [-0.39, 0.29) is 29.9 Å². The minimum Gasteiger partial charge on any atom is -0.466 e. The standard InChI is InChI=1S/C21H40N2.C20H40O2.C9H7N.HI/c1-3-4-5-6-7-8-9-10-11-12-13-14-15-16-17-18-21-22-19-20-23(21)2;1-3-5-6-7-8-9-10-11-12-13-14-15-16-17-18-19-20(21)22-4-2;1-2-6-9-8(4-1)5-3-7-10-9;/h19-20H,3-18H2,1-2H3;3-19H2,1-2H3;1-7H;1H. The third kappa shape index (κ3) is 34.1. The van der Waals surface area contributed by atoms with Crippen molar-refractivity contribution in [2.45, 2.75) is 226 Å². The smallest absolute Gasteiger partial charge is 0.305 e. The van der Waals surface area contributed by atoms with E-state index in [9.17, 15) is 4.79 Å². The highest BCUT2D eigenvalue weighted by Crippen LogP contribution is 2.16. The van der Waals surface area contributed by atoms with E-state index in [4.69, 9.17) is 4.74 Å². The molecular weight excluding hydrogens is 801 g/mol. The lowest BCUT2D eigenvalue weighted by Gasteiger charge is -2.04. The number of para-hydroxylation sites is 1. The number of rotatable bonds is 33. The molecule has 0 bridgehead atoms. The number of nitrogens with zero attached hydrogens (tertiary/aromatic N) is 3. The largest absolute Gasteiger partial charge is 0.466 e. The Kier molecular flexibility index (Phi) is 41.1. The highest BCUT2D eigenvalue weighted by atomic mass is 127. The summed E-state index contributed by atoms with van der Waals surface area (Å²) >= 11 is 0. The maximum atomic E-state index is 11.2. The number of pyridine rings is 1. The van der Waals surface area contributed by atoms with Crippen LogP contribution in [0.2, 0.25) is 0 Å². The van der Waals surface area contributed by atoms with Gasteiger partial charge in [0.25, 0.3) is 0 Å². The van der Waals surface area contributed by atoms with Crippen molar-refractivity contribution in [2.24, 2.45) is 7.05 Å². The molecule has 0 atom stereocenters. The van der Waals surface area contributed by atoms with E-state index in [1.165, 1.54) is 197 Å². The van der Waals surface area contributed by atoms with Gasteiger partial charge < -0.3 is 9.30 Å². The molecule has 2 heterocycles. The minimum absolute atomic E-state index is 0. The van der Waals surface area contributed by atoms with Crippen LogP contribution in [0.25, 0.3) is 10.9 Å². The first-order valence-corrected chi connectivity index (χ1v) is 23.5. The van der Waals surface area contributed by atoms with Crippen molar-refractivity contribution in [1.82, 2.24) is 14.5 Å². The predicted octanol–water partition coefficient (Wildman–Crippen LogP) is 16.5. The third-order valence-electron chi connectivity index (χ3n) is 10.7. The Hall–Kier alpha value is -1.96. The van der Waals surface area contributed by atoms with E-state index in [1.807, 2.05) is 49.8 Å². The molecule has 0 fully saturated rings. The van der Waals surface area contributed by atoms with Gasteiger partial charge in [0.15, 0.2) is 0 Å². The van der Waals surface area contributed by atoms with Crippen molar-refractivity contribution in [1.29, 1.82) is 0 Å². The average Bonchev–Trinajstić information content (AvgIpc) is 3.62. The molecule has 322 valence electrons. The molecule has 0 amide bonds. The van der Waals surface area contributed by atoms with Gasteiger partial charge in [-0.25, -0.2) is 4.98 Å². The molecule has 0 spiro atoms. The number of aryl methyl sites for hydroxylation is 2. The molecule has 5 nitrogen and oxygen atoms in total. The van der Waals surface area contributed by atoms with Crippen LogP contribution in [0.3, 0.4) is 0 Å². The maximum absolute atomic E-state index is 11.2. The summed E-state index contributed by atoms with van der Waals surface area (Å²) in [4.78, 5) is 19.7. The average molecular weight is 890 g/mol. The zero-order valence-corrected chi connectivity index (χ0v) is 39.4. The fourth-order valence-corrected chi connectivity index (χ4v) is 7.18. The SMILES string of the molecule is CCCCCCCCCCCCCCCCCC(=O)OCC.CCCCCCCCCCCCCCCCCc1nccn1C.I.c1ccc2ncccc2c1. The van der Waals surface area contributed by atoms with Gasteiger partial charge >= 0.3 is 5.97 Å². The molecule has 2 aromatic heterocycles. The number of esters is 1. The summed E-state index contributed by atoms with van der Waals surface area (Å²) in [5.74, 6) is 1.21. The minimum atomic E-state index is -0.0304. The molecule has 0 aliphatic carbocycles. The van der Waals surface area contributed by atoms with E-state index in [2.05, 4.69) is 47.6 Å². The van der Waals surface area contributed by atoms with Crippen LogP contribution in [0.15, 0.2) is 55.0 Å². The molecule has 3 rings (SSSR count). The van der Waals surface area contributed by atoms with Crippen molar-refractivity contribution in [3.8, 4) is 0 Å². The number of halogens is 1. The molecule has 0 unspecified atom stereocenters. The summed E-state index contributed by atoms with van der Waals surface area (Å²) in [7, 11) is 2.09. The predicted molar refractivity (Wildman–Crippen MR) is 255 cm³/mol. The lowest BCUT2D eigenvalue weighted by atomic mass is 10.0. The summed E-state index contributed by atoms with van der Waals surface area (Å²) in [6.07, 6.45) is 49.3. The first-order chi connectivity index (χ1) is 27.1. The van der Waals surface area contributed by atoms with E-state index in [0.29, 0.717) is 13.0 Å². The lowest BCUT2D eigenvalue weighted by molar-refractivity contribution is -0.143. The van der Waals surface area contributed by atoms with Gasteiger partial charge in [-0.1, -0.05) is 218 Å². The molecule has 56 heavy (non-hydrogen) atoms. The van der Waals surface area contributed by atoms with Gasteiger partial charge in [0.05, 0.1) is 12.1 Å². The number of fused-ring (bicyclic) bond motifs is 1. The third-order valence-corrected chi connectivity index (χ3v) is 10.7. The first kappa shape index (κ1) is 54.0. The van der Waals surface area contributed by atoms with Crippen LogP contribution < -0.4 is 0 Å². The second kappa shape index (κ2) is 42.6. The van der Waals surface area contributed by atoms with Crippen molar-refractivity contribution in [3.63, 3.8) is 0 Å². The molecule has 0 radical (unpaired) electrons. The number of benzene rings is 1. The van der Waals surface area contributed by atoms with Gasteiger partial charge in [0.2, 0.25) is 0 Å². The number of ether oxygens (including phenoxy) is 1. The molecule has 0 aliphatic rings. The van der Waals surface area contributed by atoms with E-state index < -0.39 is 0 Å². The normalized spacial score (nSPS) is 10.6. The number of carbonyl (C=O) groups excluding carboxylic acids is 1. The molecule has 6 heteroatoms. The molecule has 0 saturated heterocycles. The zero-order chi connectivity index (χ0) is 39.7. The number of unbranched alkanes of at least 4 members (excludes halogenated alkanes) is 28. The van der Waals surface area contributed by atoms with Gasteiger partial charge in [-0.2, -0.15) is 0 Å². The highest BCUT2D eigenvalue weighted by molar-refractivity contribution is 14.0. The molecule has 1 aromatic carbocycles. The molecule has 3 aromatic rings. The highest BCUT2D eigenvalue weighted by Gasteiger charge is 2.01. The van der Waals surface area contributed by atoms with Crippen molar-refractivity contribution >= 4 is 40.8 Å². The van der Waals surface area contributed by atoms with Crippen LogP contribution in [0.1, 0.15) is 226 Å². The van der Waals surface area contributed by atoms with Crippen LogP contribution in [-0.2, 0) is 23.0 Å². The summed E-state index contributed by atoms with van der Waals surface area (Å²) in [5, 5.41) is 1.20. The van der Waals surface area contributed by atoms with E-state index >= 15 is 0 Å². The van der Waals surface area contributed by atoms with Crippen molar-refractivity contribution in [2.75, 3.05) is 6.61 Å². The van der Waals surface area contributed by atoms with Gasteiger partial charge in [-0.3, -0.25) is 9.78 Å². The van der Waals surface area contributed by atoms with Crippen LogP contribution >= 0.6 is 24.0 Å². The molecule has 0 saturated carbocycles. The van der Waals surface area contributed by atoms with Crippen LogP contribution in [0, 0.1) is 0 Å². The Labute approximate surface area is 363 Å². The summed E-state index contributed by atoms with van der Waals surface area (Å²) in [6, 6.07) is 12.1. The summed E-state index contributed by atoms with van der Waals surface area (Å²) < 4.78 is 7.06. The summed E-state index contributed by atoms with van der Waals surface area (Å²) in [6.45, 7) is 6.95. The monoisotopic (exact) mass is 890 g/mol. The van der Waals surface area contributed by atoms with Crippen molar-refractivity contribution < 1.29 is 9.53 Å². The Morgan fingerprint density at radius 2 is 0.929 bits per heavy atom. The Morgan fingerprint density at radius 3 is 1.34 bits per heavy atom. The number of carbonyl (C=O) groups is 1. The summed E-state index contributed by atoms with van der Waals surface area (Å²) in [5.41, 5.74) is 1.06. The number of hydrogen-bond donors (Lipinski definition) is 0. The Bertz CT molecular complexity index is 1170. The molecular formula is C50H88IN3O2. The van der Waals surface area contributed by atoms with Crippen LogP contribution in [0.4, 0.5) is 0 Å². The van der Waals surface area contributed by atoms with Gasteiger partial charge in [0.1, 0.15) is 5.82 Å². The lowest BCUT2D eigenvalue weighted by Crippen LogP contribution is -2.03. The number of aromatic nitrogens is 3. The topological polar surface area (TPSA) is 57.0 Å². The van der Waals surface area contributed by atoms with E-state index in [1.54, 1.807) is 0 Å².